The molecule has 5 rings (SSSR count). The minimum Gasteiger partial charge on any atom is -0.353 e. The Kier molecular flexibility index (Phi) is 6.65. The first kappa shape index (κ1) is 21.6. The summed E-state index contributed by atoms with van der Waals surface area (Å²) in [4.78, 5) is 22.0. The maximum absolute atomic E-state index is 12.8. The number of nitrogens with zero attached hydrogens (tertiary/aromatic N) is 3. The summed E-state index contributed by atoms with van der Waals surface area (Å²) in [6.07, 6.45) is 2.82. The van der Waals surface area contributed by atoms with Crippen molar-refractivity contribution in [3.63, 3.8) is 0 Å². The first-order valence-electron chi connectivity index (χ1n) is 11.8. The van der Waals surface area contributed by atoms with E-state index in [-0.39, 0.29) is 11.9 Å². The molecule has 1 saturated heterocycles. The molecule has 0 aliphatic carbocycles. The maximum atomic E-state index is 12.8. The van der Waals surface area contributed by atoms with Crippen LogP contribution >= 0.6 is 0 Å². The smallest absolute Gasteiger partial charge is 0.251 e. The Balaban J connectivity index is 1.16. The van der Waals surface area contributed by atoms with Gasteiger partial charge in [0.1, 0.15) is 5.82 Å². The average molecular weight is 442 g/mol. The Hall–Kier alpha value is -3.22. The summed E-state index contributed by atoms with van der Waals surface area (Å²) in [5.41, 5.74) is 4.79. The molecule has 3 heterocycles. The van der Waals surface area contributed by atoms with Gasteiger partial charge in [-0.25, -0.2) is 4.98 Å². The molecule has 0 spiro atoms. The lowest BCUT2D eigenvalue weighted by Crippen LogP contribution is -2.46. The van der Waals surface area contributed by atoms with E-state index in [1.807, 2.05) is 12.1 Å². The molecular weight excluding hydrogens is 410 g/mol. The van der Waals surface area contributed by atoms with E-state index >= 15 is 0 Å². The zero-order valence-corrected chi connectivity index (χ0v) is 18.9. The van der Waals surface area contributed by atoms with E-state index in [9.17, 15) is 4.79 Å². The van der Waals surface area contributed by atoms with Crippen LogP contribution in [0.2, 0.25) is 0 Å². The predicted molar refractivity (Wildman–Crippen MR) is 131 cm³/mol. The maximum Gasteiger partial charge on any atom is 0.251 e. The lowest BCUT2D eigenvalue weighted by atomic mass is 10.00. The molecule has 33 heavy (non-hydrogen) atoms. The Labute approximate surface area is 195 Å². The number of pyridine rings is 1. The second-order valence-corrected chi connectivity index (χ2v) is 8.82. The normalized spacial score (nSPS) is 18.5. The Bertz CT molecular complexity index is 1090. The lowest BCUT2D eigenvalue weighted by molar-refractivity contribution is 0.0947. The minimum absolute atomic E-state index is 0.0363. The molecule has 6 nitrogen and oxygen atoms in total. The molecule has 6 heteroatoms. The van der Waals surface area contributed by atoms with Crippen molar-refractivity contribution in [2.75, 3.05) is 44.2 Å². The quantitative estimate of drug-likeness (QED) is 0.616. The van der Waals surface area contributed by atoms with Crippen LogP contribution in [0.3, 0.4) is 0 Å². The molecule has 0 unspecified atom stereocenters. The van der Waals surface area contributed by atoms with Crippen LogP contribution in [0.4, 0.5) is 5.82 Å². The topological polar surface area (TPSA) is 60.5 Å². The van der Waals surface area contributed by atoms with Crippen LogP contribution in [0, 0.1) is 0 Å². The van der Waals surface area contributed by atoms with Gasteiger partial charge in [0.2, 0.25) is 0 Å². The number of anilines is 1. The molecule has 170 valence electrons. The summed E-state index contributed by atoms with van der Waals surface area (Å²) in [6.45, 7) is 6.08. The van der Waals surface area contributed by atoms with Crippen molar-refractivity contribution >= 4 is 11.7 Å². The van der Waals surface area contributed by atoms with E-state index in [1.165, 1.54) is 16.7 Å². The molecule has 2 aliphatic heterocycles. The van der Waals surface area contributed by atoms with Crippen LogP contribution < -0.4 is 15.5 Å². The first-order chi connectivity index (χ1) is 16.3. The number of nitrogens with one attached hydrogen (secondary N) is 2. The van der Waals surface area contributed by atoms with Crippen molar-refractivity contribution in [2.24, 2.45) is 0 Å². The third-order valence-electron chi connectivity index (χ3n) is 6.63. The summed E-state index contributed by atoms with van der Waals surface area (Å²) < 4.78 is 0. The standard InChI is InChI=1S/C27H31N5O/c33-27(30-13-16-31-15-11-21-6-4-5-9-24(21)19-31)23-10-12-29-26(18-23)32-17-14-28-25(20-32)22-7-2-1-3-8-22/h1-10,12,18,25,28H,11,13-17,19-20H2,(H,30,33)/t25-/m0/s1. The van der Waals surface area contributed by atoms with Crippen LogP contribution in [0.25, 0.3) is 0 Å². The molecule has 3 aromatic rings. The van der Waals surface area contributed by atoms with Crippen molar-refractivity contribution in [2.45, 2.75) is 19.0 Å². The largest absolute Gasteiger partial charge is 0.353 e. The summed E-state index contributed by atoms with van der Waals surface area (Å²) in [7, 11) is 0. The van der Waals surface area contributed by atoms with Crippen molar-refractivity contribution in [3.8, 4) is 0 Å². The summed E-state index contributed by atoms with van der Waals surface area (Å²) in [5.74, 6) is 0.823. The summed E-state index contributed by atoms with van der Waals surface area (Å²) >= 11 is 0. The molecule has 1 atom stereocenters. The number of hydrogen-bond acceptors (Lipinski definition) is 5. The number of hydrogen-bond donors (Lipinski definition) is 2. The first-order valence-corrected chi connectivity index (χ1v) is 11.8. The van der Waals surface area contributed by atoms with Gasteiger partial charge in [-0.05, 0) is 35.2 Å². The van der Waals surface area contributed by atoms with E-state index in [0.29, 0.717) is 12.1 Å². The van der Waals surface area contributed by atoms with Gasteiger partial charge in [-0.3, -0.25) is 9.69 Å². The fourth-order valence-corrected chi connectivity index (χ4v) is 4.77. The van der Waals surface area contributed by atoms with Gasteiger partial charge in [0, 0.05) is 63.6 Å². The Morgan fingerprint density at radius 1 is 1.03 bits per heavy atom. The average Bonchev–Trinajstić information content (AvgIpc) is 2.89. The number of aromatic nitrogens is 1. The molecule has 1 aromatic heterocycles. The number of amides is 1. The molecular formula is C27H31N5O. The van der Waals surface area contributed by atoms with Crippen LogP contribution in [0.15, 0.2) is 72.9 Å². The van der Waals surface area contributed by atoms with Crippen LogP contribution in [-0.4, -0.2) is 55.1 Å². The van der Waals surface area contributed by atoms with E-state index < -0.39 is 0 Å². The third kappa shape index (κ3) is 5.24. The van der Waals surface area contributed by atoms with E-state index in [2.05, 4.69) is 73.9 Å². The number of rotatable bonds is 6. The van der Waals surface area contributed by atoms with Crippen molar-refractivity contribution in [1.29, 1.82) is 0 Å². The molecule has 0 saturated carbocycles. The number of fused-ring (bicyclic) bond motifs is 1. The molecule has 0 bridgehead atoms. The number of carbonyl (C=O) groups is 1. The van der Waals surface area contributed by atoms with Crippen molar-refractivity contribution < 1.29 is 4.79 Å². The fourth-order valence-electron chi connectivity index (χ4n) is 4.77. The second-order valence-electron chi connectivity index (χ2n) is 8.82. The molecule has 2 aromatic carbocycles. The highest BCUT2D eigenvalue weighted by Gasteiger charge is 2.22. The molecule has 0 radical (unpaired) electrons. The van der Waals surface area contributed by atoms with Gasteiger partial charge in [0.25, 0.3) is 5.91 Å². The molecule has 2 aliphatic rings. The Morgan fingerprint density at radius 3 is 2.73 bits per heavy atom. The number of piperazine rings is 1. The highest BCUT2D eigenvalue weighted by atomic mass is 16.1. The summed E-state index contributed by atoms with van der Waals surface area (Å²) in [5, 5.41) is 6.68. The van der Waals surface area contributed by atoms with Crippen LogP contribution in [-0.2, 0) is 13.0 Å². The van der Waals surface area contributed by atoms with Crippen LogP contribution in [0.1, 0.15) is 33.1 Å². The van der Waals surface area contributed by atoms with Gasteiger partial charge in [0.15, 0.2) is 0 Å². The third-order valence-corrected chi connectivity index (χ3v) is 6.63. The van der Waals surface area contributed by atoms with Gasteiger partial charge in [-0.1, -0.05) is 54.6 Å². The highest BCUT2D eigenvalue weighted by molar-refractivity contribution is 5.94. The van der Waals surface area contributed by atoms with Gasteiger partial charge < -0.3 is 15.5 Å². The molecule has 1 amide bonds. The monoisotopic (exact) mass is 441 g/mol. The Morgan fingerprint density at radius 2 is 1.85 bits per heavy atom. The second kappa shape index (κ2) is 10.1. The minimum atomic E-state index is -0.0363. The SMILES string of the molecule is O=C(NCCN1CCc2ccccc2C1)c1ccnc(N2CCN[C@H](c3ccccc3)C2)c1. The lowest BCUT2D eigenvalue weighted by Gasteiger charge is -2.35. The van der Waals surface area contributed by atoms with Gasteiger partial charge >= 0.3 is 0 Å². The van der Waals surface area contributed by atoms with Crippen molar-refractivity contribution in [1.82, 2.24) is 20.5 Å². The fraction of sp³-hybridized carbons (Fsp3) is 0.333. The van der Waals surface area contributed by atoms with E-state index in [4.69, 9.17) is 0 Å². The zero-order valence-electron chi connectivity index (χ0n) is 18.9. The van der Waals surface area contributed by atoms with E-state index in [0.717, 1.165) is 51.5 Å². The highest BCUT2D eigenvalue weighted by Crippen LogP contribution is 2.22. The number of carbonyl (C=O) groups excluding carboxylic acids is 1. The van der Waals surface area contributed by atoms with Gasteiger partial charge in [-0.2, -0.15) is 0 Å². The molecule has 2 N–H and O–H groups in total. The molecule has 1 fully saturated rings. The van der Waals surface area contributed by atoms with Gasteiger partial charge in [0.05, 0.1) is 0 Å². The van der Waals surface area contributed by atoms with Crippen LogP contribution in [0.5, 0.6) is 0 Å². The predicted octanol–water partition coefficient (Wildman–Crippen LogP) is 3.02. The van der Waals surface area contributed by atoms with Crippen molar-refractivity contribution in [3.05, 3.63) is 95.2 Å². The zero-order chi connectivity index (χ0) is 22.5. The summed E-state index contributed by atoms with van der Waals surface area (Å²) in [6, 6.07) is 23.1. The number of benzene rings is 2. The van der Waals surface area contributed by atoms with Gasteiger partial charge in [-0.15, -0.1) is 0 Å². The van der Waals surface area contributed by atoms with E-state index in [1.54, 1.807) is 12.3 Å².